The minimum atomic E-state index is -0.0353. The molecule has 1 aliphatic heterocycles. The maximum atomic E-state index is 13.0. The summed E-state index contributed by atoms with van der Waals surface area (Å²) >= 11 is 0. The third-order valence-corrected chi connectivity index (χ3v) is 4.73. The average Bonchev–Trinajstić information content (AvgIpc) is 2.68. The zero-order valence-corrected chi connectivity index (χ0v) is 15.0. The zero-order chi connectivity index (χ0) is 18.1. The van der Waals surface area contributed by atoms with Gasteiger partial charge in [0.15, 0.2) is 0 Å². The van der Waals surface area contributed by atoms with Gasteiger partial charge in [-0.25, -0.2) is 0 Å². The Labute approximate surface area is 151 Å². The molecular formula is C21H21NO4. The fourth-order valence-corrected chi connectivity index (χ4v) is 3.38. The highest BCUT2D eigenvalue weighted by Crippen LogP contribution is 2.32. The van der Waals surface area contributed by atoms with E-state index < -0.39 is 0 Å². The van der Waals surface area contributed by atoms with Crippen molar-refractivity contribution >= 4 is 11.0 Å². The molecule has 3 aromatic rings. The van der Waals surface area contributed by atoms with Crippen molar-refractivity contribution < 1.29 is 13.9 Å². The molecule has 1 aromatic heterocycles. The molecular weight excluding hydrogens is 330 g/mol. The summed E-state index contributed by atoms with van der Waals surface area (Å²) in [5.41, 5.74) is 2.88. The molecule has 0 bridgehead atoms. The van der Waals surface area contributed by atoms with Gasteiger partial charge in [0.1, 0.15) is 30.1 Å². The molecule has 0 radical (unpaired) electrons. The van der Waals surface area contributed by atoms with Gasteiger partial charge in [0.2, 0.25) is 5.43 Å². The Balaban J connectivity index is 1.80. The van der Waals surface area contributed by atoms with E-state index in [0.717, 1.165) is 42.1 Å². The van der Waals surface area contributed by atoms with E-state index in [2.05, 4.69) is 11.8 Å². The van der Waals surface area contributed by atoms with Gasteiger partial charge in [-0.2, -0.15) is 0 Å². The molecule has 134 valence electrons. The van der Waals surface area contributed by atoms with Gasteiger partial charge in [0, 0.05) is 13.1 Å². The second-order valence-electron chi connectivity index (χ2n) is 6.45. The van der Waals surface area contributed by atoms with Crippen LogP contribution >= 0.6 is 0 Å². The average molecular weight is 351 g/mol. The molecule has 5 nitrogen and oxygen atoms in total. The first-order valence-electron chi connectivity index (χ1n) is 8.78. The molecule has 0 fully saturated rings. The van der Waals surface area contributed by atoms with Crippen molar-refractivity contribution in [1.29, 1.82) is 0 Å². The summed E-state index contributed by atoms with van der Waals surface area (Å²) in [6, 6.07) is 11.1. The van der Waals surface area contributed by atoms with Crippen molar-refractivity contribution in [3.8, 4) is 22.6 Å². The standard InChI is InChI=1S/C21H21NO4/c1-3-10-22-11-17-19(26-13-22)9-8-16-20(23)18(12-25-21(16)17)14-4-6-15(24-2)7-5-14/h4-9,12H,3,10-11,13H2,1-2H3. The zero-order valence-electron chi connectivity index (χ0n) is 15.0. The van der Waals surface area contributed by atoms with Crippen LogP contribution in [0.2, 0.25) is 0 Å². The summed E-state index contributed by atoms with van der Waals surface area (Å²) in [7, 11) is 1.62. The molecule has 0 unspecified atom stereocenters. The molecule has 2 aromatic carbocycles. The van der Waals surface area contributed by atoms with Gasteiger partial charge in [0.05, 0.1) is 23.6 Å². The Morgan fingerprint density at radius 1 is 1.15 bits per heavy atom. The van der Waals surface area contributed by atoms with E-state index in [9.17, 15) is 4.79 Å². The topological polar surface area (TPSA) is 51.9 Å². The van der Waals surface area contributed by atoms with Crippen molar-refractivity contribution in [1.82, 2.24) is 4.90 Å². The quantitative estimate of drug-likeness (QED) is 0.710. The second-order valence-corrected chi connectivity index (χ2v) is 6.45. The lowest BCUT2D eigenvalue weighted by atomic mass is 10.0. The summed E-state index contributed by atoms with van der Waals surface area (Å²) < 4.78 is 16.9. The van der Waals surface area contributed by atoms with E-state index in [-0.39, 0.29) is 5.43 Å². The fourth-order valence-electron chi connectivity index (χ4n) is 3.38. The highest BCUT2D eigenvalue weighted by Gasteiger charge is 2.22. The number of benzene rings is 2. The predicted molar refractivity (Wildman–Crippen MR) is 101 cm³/mol. The Morgan fingerprint density at radius 2 is 1.96 bits per heavy atom. The first-order valence-corrected chi connectivity index (χ1v) is 8.78. The molecule has 0 N–H and O–H groups in total. The summed E-state index contributed by atoms with van der Waals surface area (Å²) in [6.07, 6.45) is 2.60. The van der Waals surface area contributed by atoms with Gasteiger partial charge >= 0.3 is 0 Å². The Bertz CT molecular complexity index is 991. The summed E-state index contributed by atoms with van der Waals surface area (Å²) in [5.74, 6) is 1.55. The summed E-state index contributed by atoms with van der Waals surface area (Å²) in [6.45, 7) is 4.38. The number of hydrogen-bond acceptors (Lipinski definition) is 5. The SMILES string of the molecule is CCCN1COc2ccc3c(=O)c(-c4ccc(OC)cc4)coc3c2C1. The molecule has 0 aliphatic carbocycles. The minimum absolute atomic E-state index is 0.0353. The highest BCUT2D eigenvalue weighted by atomic mass is 16.5. The number of methoxy groups -OCH3 is 1. The number of rotatable bonds is 4. The van der Waals surface area contributed by atoms with Crippen LogP contribution in [0.4, 0.5) is 0 Å². The van der Waals surface area contributed by atoms with Crippen molar-refractivity contribution in [2.24, 2.45) is 0 Å². The van der Waals surface area contributed by atoms with Crippen molar-refractivity contribution in [3.63, 3.8) is 0 Å². The minimum Gasteiger partial charge on any atom is -0.497 e. The third-order valence-electron chi connectivity index (χ3n) is 4.73. The normalized spacial score (nSPS) is 14.1. The van der Waals surface area contributed by atoms with Crippen LogP contribution in [0.1, 0.15) is 18.9 Å². The molecule has 1 aliphatic rings. The van der Waals surface area contributed by atoms with Gasteiger partial charge in [-0.1, -0.05) is 19.1 Å². The Kier molecular flexibility index (Phi) is 4.39. The van der Waals surface area contributed by atoms with E-state index in [1.54, 1.807) is 19.4 Å². The van der Waals surface area contributed by atoms with Crippen LogP contribution in [0.25, 0.3) is 22.1 Å². The van der Waals surface area contributed by atoms with Crippen molar-refractivity contribution in [2.45, 2.75) is 19.9 Å². The van der Waals surface area contributed by atoms with E-state index in [4.69, 9.17) is 13.9 Å². The molecule has 5 heteroatoms. The third kappa shape index (κ3) is 2.84. The largest absolute Gasteiger partial charge is 0.497 e. The lowest BCUT2D eigenvalue weighted by Gasteiger charge is -2.28. The maximum Gasteiger partial charge on any atom is 0.200 e. The first kappa shape index (κ1) is 16.7. The number of fused-ring (bicyclic) bond motifs is 3. The molecule has 4 rings (SSSR count). The first-order chi connectivity index (χ1) is 12.7. The Morgan fingerprint density at radius 3 is 2.69 bits per heavy atom. The number of nitrogens with zero attached hydrogens (tertiary/aromatic N) is 1. The highest BCUT2D eigenvalue weighted by molar-refractivity contribution is 5.85. The van der Waals surface area contributed by atoms with Crippen LogP contribution in [0.5, 0.6) is 11.5 Å². The second kappa shape index (κ2) is 6.84. The van der Waals surface area contributed by atoms with Crippen molar-refractivity contribution in [2.75, 3.05) is 20.4 Å². The molecule has 0 saturated carbocycles. The van der Waals surface area contributed by atoms with Crippen LogP contribution in [0, 0.1) is 0 Å². The van der Waals surface area contributed by atoms with Crippen LogP contribution in [-0.4, -0.2) is 25.3 Å². The van der Waals surface area contributed by atoms with Crippen LogP contribution < -0.4 is 14.9 Å². The lowest BCUT2D eigenvalue weighted by Crippen LogP contribution is -2.32. The summed E-state index contributed by atoms with van der Waals surface area (Å²) in [4.78, 5) is 15.2. The molecule has 0 atom stereocenters. The molecule has 0 amide bonds. The summed E-state index contributed by atoms with van der Waals surface area (Å²) in [5, 5.41) is 0.582. The van der Waals surface area contributed by atoms with Gasteiger partial charge in [-0.05, 0) is 36.2 Å². The number of hydrogen-bond donors (Lipinski definition) is 0. The van der Waals surface area contributed by atoms with Gasteiger partial charge < -0.3 is 13.9 Å². The van der Waals surface area contributed by atoms with Gasteiger partial charge in [-0.15, -0.1) is 0 Å². The molecule has 26 heavy (non-hydrogen) atoms. The van der Waals surface area contributed by atoms with Crippen molar-refractivity contribution in [3.05, 3.63) is 58.4 Å². The van der Waals surface area contributed by atoms with Crippen LogP contribution in [-0.2, 0) is 6.54 Å². The van der Waals surface area contributed by atoms with Gasteiger partial charge in [0.25, 0.3) is 0 Å². The van der Waals surface area contributed by atoms with Crippen LogP contribution in [0.15, 0.2) is 51.9 Å². The van der Waals surface area contributed by atoms with Crippen LogP contribution in [0.3, 0.4) is 0 Å². The smallest absolute Gasteiger partial charge is 0.200 e. The van der Waals surface area contributed by atoms with E-state index in [1.807, 2.05) is 30.3 Å². The van der Waals surface area contributed by atoms with E-state index in [0.29, 0.717) is 23.3 Å². The number of ether oxygens (including phenoxy) is 2. The van der Waals surface area contributed by atoms with E-state index >= 15 is 0 Å². The molecule has 0 spiro atoms. The predicted octanol–water partition coefficient (Wildman–Crippen LogP) is 4.03. The van der Waals surface area contributed by atoms with Gasteiger partial charge in [-0.3, -0.25) is 9.69 Å². The maximum absolute atomic E-state index is 13.0. The monoisotopic (exact) mass is 351 g/mol. The molecule has 2 heterocycles. The molecule has 0 saturated heterocycles. The fraction of sp³-hybridized carbons (Fsp3) is 0.286. The Hall–Kier alpha value is -2.79. The van der Waals surface area contributed by atoms with E-state index in [1.165, 1.54) is 0 Å². The lowest BCUT2D eigenvalue weighted by molar-refractivity contribution is 0.0958.